The molecule has 7 nitrogen and oxygen atoms in total. The number of hydrogen-bond donors (Lipinski definition) is 2. The van der Waals surface area contributed by atoms with Crippen LogP contribution in [-0.4, -0.2) is 32.3 Å². The van der Waals surface area contributed by atoms with Gasteiger partial charge in [0.2, 0.25) is 5.91 Å². The maximum absolute atomic E-state index is 12.4. The van der Waals surface area contributed by atoms with Gasteiger partial charge in [-0.15, -0.1) is 10.2 Å². The fourth-order valence-electron chi connectivity index (χ4n) is 2.67. The summed E-state index contributed by atoms with van der Waals surface area (Å²) >= 11 is 10.5. The van der Waals surface area contributed by atoms with Crippen molar-refractivity contribution in [1.82, 2.24) is 20.1 Å². The lowest BCUT2D eigenvalue weighted by Gasteiger charge is -2.13. The van der Waals surface area contributed by atoms with Gasteiger partial charge in [-0.3, -0.25) is 9.59 Å². The molecular weight excluding hydrogens is 490 g/mol. The molecule has 1 atom stereocenters. The van der Waals surface area contributed by atoms with Crippen LogP contribution in [0.5, 0.6) is 0 Å². The van der Waals surface area contributed by atoms with E-state index in [0.29, 0.717) is 27.3 Å². The van der Waals surface area contributed by atoms with Crippen molar-refractivity contribution in [1.29, 1.82) is 0 Å². The van der Waals surface area contributed by atoms with E-state index in [1.54, 1.807) is 35.9 Å². The van der Waals surface area contributed by atoms with Gasteiger partial charge in [0.1, 0.15) is 0 Å². The number of halogens is 2. The molecule has 0 bridgehead atoms. The van der Waals surface area contributed by atoms with Gasteiger partial charge in [-0.25, -0.2) is 0 Å². The van der Waals surface area contributed by atoms with Crippen LogP contribution in [0.15, 0.2) is 58.2 Å². The first-order valence-electron chi connectivity index (χ1n) is 8.97. The first kappa shape index (κ1) is 22.3. The molecule has 3 rings (SSSR count). The Morgan fingerprint density at radius 2 is 1.93 bits per heavy atom. The van der Waals surface area contributed by atoms with E-state index in [0.717, 1.165) is 4.47 Å². The van der Waals surface area contributed by atoms with Crippen LogP contribution in [0, 0.1) is 0 Å². The van der Waals surface area contributed by atoms with Crippen LogP contribution < -0.4 is 10.6 Å². The zero-order valence-corrected chi connectivity index (χ0v) is 19.4. The molecule has 156 valence electrons. The summed E-state index contributed by atoms with van der Waals surface area (Å²) in [7, 11) is 1.80. The van der Waals surface area contributed by atoms with E-state index in [1.807, 2.05) is 31.2 Å². The zero-order valence-electron chi connectivity index (χ0n) is 16.2. The van der Waals surface area contributed by atoms with Gasteiger partial charge in [0, 0.05) is 27.8 Å². The van der Waals surface area contributed by atoms with Gasteiger partial charge in [0.05, 0.1) is 11.8 Å². The van der Waals surface area contributed by atoms with Gasteiger partial charge in [0.15, 0.2) is 11.0 Å². The maximum Gasteiger partial charge on any atom is 0.251 e. The minimum Gasteiger partial charge on any atom is -0.342 e. The average molecular weight is 509 g/mol. The van der Waals surface area contributed by atoms with Crippen molar-refractivity contribution in [2.75, 3.05) is 11.1 Å². The smallest absolute Gasteiger partial charge is 0.251 e. The second-order valence-corrected chi connectivity index (χ2v) is 8.74. The van der Waals surface area contributed by atoms with Crippen molar-refractivity contribution < 1.29 is 9.59 Å². The van der Waals surface area contributed by atoms with Crippen molar-refractivity contribution in [3.8, 4) is 0 Å². The zero-order chi connectivity index (χ0) is 21.7. The number of rotatable bonds is 7. The van der Waals surface area contributed by atoms with Gasteiger partial charge in [-0.2, -0.15) is 0 Å². The SMILES string of the molecule is CC(NC(=O)c1ccc(Cl)cc1)c1nnc(SCC(=O)Nc2cccc(Br)c2)n1C. The van der Waals surface area contributed by atoms with Crippen LogP contribution in [0.3, 0.4) is 0 Å². The molecule has 1 unspecified atom stereocenters. The Balaban J connectivity index is 1.57. The predicted octanol–water partition coefficient (Wildman–Crippen LogP) is 4.45. The lowest BCUT2D eigenvalue weighted by molar-refractivity contribution is -0.113. The topological polar surface area (TPSA) is 88.9 Å². The van der Waals surface area contributed by atoms with Crippen LogP contribution in [0.4, 0.5) is 5.69 Å². The molecule has 0 aliphatic rings. The van der Waals surface area contributed by atoms with Crippen molar-refractivity contribution >= 4 is 56.8 Å². The molecule has 0 aliphatic heterocycles. The van der Waals surface area contributed by atoms with Gasteiger partial charge in [-0.1, -0.05) is 45.4 Å². The molecule has 1 heterocycles. The van der Waals surface area contributed by atoms with E-state index in [4.69, 9.17) is 11.6 Å². The summed E-state index contributed by atoms with van der Waals surface area (Å²) in [6.07, 6.45) is 0. The normalized spacial score (nSPS) is 11.7. The highest BCUT2D eigenvalue weighted by atomic mass is 79.9. The molecule has 0 radical (unpaired) electrons. The van der Waals surface area contributed by atoms with Gasteiger partial charge >= 0.3 is 0 Å². The molecule has 2 N–H and O–H groups in total. The van der Waals surface area contributed by atoms with Crippen molar-refractivity contribution in [3.05, 3.63) is 69.4 Å². The van der Waals surface area contributed by atoms with Gasteiger partial charge < -0.3 is 15.2 Å². The summed E-state index contributed by atoms with van der Waals surface area (Å²) in [4.78, 5) is 24.6. The van der Waals surface area contributed by atoms with Crippen LogP contribution in [0.2, 0.25) is 5.02 Å². The standard InChI is InChI=1S/C20H19BrClN5O2S/c1-12(23-19(29)13-6-8-15(22)9-7-13)18-25-26-20(27(18)2)30-11-17(28)24-16-5-3-4-14(21)10-16/h3-10,12H,11H2,1-2H3,(H,23,29)(H,24,28). The number of benzene rings is 2. The summed E-state index contributed by atoms with van der Waals surface area (Å²) in [5.41, 5.74) is 1.22. The lowest BCUT2D eigenvalue weighted by atomic mass is 10.2. The Hall–Kier alpha value is -2.36. The third kappa shape index (κ3) is 5.84. The van der Waals surface area contributed by atoms with Gasteiger partial charge in [-0.05, 0) is 49.4 Å². The minimum atomic E-state index is -0.365. The quantitative estimate of drug-likeness (QED) is 0.460. The molecule has 2 aromatic carbocycles. The second kappa shape index (κ2) is 10.1. The van der Waals surface area contributed by atoms with E-state index < -0.39 is 0 Å². The maximum atomic E-state index is 12.4. The number of nitrogens with one attached hydrogen (secondary N) is 2. The molecule has 0 saturated carbocycles. The van der Waals surface area contributed by atoms with Gasteiger partial charge in [0.25, 0.3) is 5.91 Å². The van der Waals surface area contributed by atoms with E-state index in [-0.39, 0.29) is 23.6 Å². The molecule has 3 aromatic rings. The summed E-state index contributed by atoms with van der Waals surface area (Å²) in [5.74, 6) is 0.396. The Labute approximate surface area is 191 Å². The van der Waals surface area contributed by atoms with E-state index in [1.165, 1.54) is 11.8 Å². The summed E-state index contributed by atoms with van der Waals surface area (Å²) < 4.78 is 2.66. The van der Waals surface area contributed by atoms with Crippen LogP contribution >= 0.6 is 39.3 Å². The average Bonchev–Trinajstić information content (AvgIpc) is 3.07. The highest BCUT2D eigenvalue weighted by Crippen LogP contribution is 2.21. The lowest BCUT2D eigenvalue weighted by Crippen LogP contribution is -2.28. The third-order valence-corrected chi connectivity index (χ3v) is 5.92. The van der Waals surface area contributed by atoms with E-state index in [9.17, 15) is 9.59 Å². The highest BCUT2D eigenvalue weighted by Gasteiger charge is 2.19. The Kier molecular flexibility index (Phi) is 7.52. The number of carbonyl (C=O) groups excluding carboxylic acids is 2. The third-order valence-electron chi connectivity index (χ3n) is 4.15. The number of nitrogens with zero attached hydrogens (tertiary/aromatic N) is 3. The molecule has 2 amide bonds. The number of thioether (sulfide) groups is 1. The number of amides is 2. The Morgan fingerprint density at radius 3 is 2.63 bits per heavy atom. The number of hydrogen-bond acceptors (Lipinski definition) is 5. The summed E-state index contributed by atoms with van der Waals surface area (Å²) in [6, 6.07) is 13.7. The predicted molar refractivity (Wildman–Crippen MR) is 122 cm³/mol. The monoisotopic (exact) mass is 507 g/mol. The van der Waals surface area contributed by atoms with Crippen LogP contribution in [0.1, 0.15) is 29.1 Å². The molecule has 0 aliphatic carbocycles. The number of anilines is 1. The Morgan fingerprint density at radius 1 is 1.20 bits per heavy atom. The molecule has 0 fully saturated rings. The molecule has 30 heavy (non-hydrogen) atoms. The first-order chi connectivity index (χ1) is 14.3. The van der Waals surface area contributed by atoms with Crippen LogP contribution in [0.25, 0.3) is 0 Å². The minimum absolute atomic E-state index is 0.147. The van der Waals surface area contributed by atoms with Crippen molar-refractivity contribution in [2.24, 2.45) is 7.05 Å². The summed E-state index contributed by atoms with van der Waals surface area (Å²) in [6.45, 7) is 1.83. The molecule has 0 saturated heterocycles. The summed E-state index contributed by atoms with van der Waals surface area (Å²) in [5, 5.41) is 15.2. The number of aromatic nitrogens is 3. The fourth-order valence-corrected chi connectivity index (χ4v) is 3.91. The molecule has 10 heteroatoms. The molecule has 1 aromatic heterocycles. The van der Waals surface area contributed by atoms with Crippen molar-refractivity contribution in [2.45, 2.75) is 18.1 Å². The van der Waals surface area contributed by atoms with E-state index >= 15 is 0 Å². The first-order valence-corrected chi connectivity index (χ1v) is 11.1. The van der Waals surface area contributed by atoms with E-state index in [2.05, 4.69) is 36.8 Å². The largest absolute Gasteiger partial charge is 0.342 e. The van der Waals surface area contributed by atoms with Crippen LogP contribution in [-0.2, 0) is 11.8 Å². The van der Waals surface area contributed by atoms with Crippen molar-refractivity contribution in [3.63, 3.8) is 0 Å². The highest BCUT2D eigenvalue weighted by molar-refractivity contribution is 9.10. The Bertz CT molecular complexity index is 1060. The molecule has 0 spiro atoms. The fraction of sp³-hybridized carbons (Fsp3) is 0.200. The second-order valence-electron chi connectivity index (χ2n) is 6.45. The molecular formula is C20H19BrClN5O2S. The number of carbonyl (C=O) groups is 2.